The van der Waals surface area contributed by atoms with Crippen LogP contribution in [0.15, 0.2) is 27.9 Å². The molecule has 0 aliphatic carbocycles. The number of halogens is 1. The summed E-state index contributed by atoms with van der Waals surface area (Å²) in [6, 6.07) is 0. The first-order valence-corrected chi connectivity index (χ1v) is 7.89. The molecule has 0 radical (unpaired) electrons. The fourth-order valence-corrected chi connectivity index (χ4v) is 2.96. The van der Waals surface area contributed by atoms with Crippen LogP contribution in [0.4, 0.5) is 0 Å². The molecule has 7 nitrogen and oxygen atoms in total. The summed E-state index contributed by atoms with van der Waals surface area (Å²) in [5, 5.41) is 0. The molecule has 0 saturated carbocycles. The average Bonchev–Trinajstić information content (AvgIpc) is 3.02. The lowest BCUT2D eigenvalue weighted by atomic mass is 10.4. The van der Waals surface area contributed by atoms with Crippen LogP contribution in [0.25, 0.3) is 16.9 Å². The van der Waals surface area contributed by atoms with E-state index in [1.165, 1.54) is 9.13 Å². The smallest absolute Gasteiger partial charge is 0.313 e. The molecule has 122 valence electrons. The van der Waals surface area contributed by atoms with Crippen LogP contribution >= 0.6 is 11.6 Å². The number of aryl methyl sites for hydroxylation is 3. The fraction of sp³-hybridized carbons (Fsp3) is 0.400. The number of alkyl halides is 1. The van der Waals surface area contributed by atoms with Gasteiger partial charge in [0, 0.05) is 37.9 Å². The number of allylic oxidation sites excluding steroid dienone is 2. The Balaban J connectivity index is 2.45. The molecule has 3 heterocycles. The molecule has 0 atom stereocenters. The maximum Gasteiger partial charge on any atom is 0.332 e. The highest BCUT2D eigenvalue weighted by atomic mass is 35.5. The Kier molecular flexibility index (Phi) is 3.89. The number of fused-ring (bicyclic) bond motifs is 3. The van der Waals surface area contributed by atoms with Crippen LogP contribution < -0.4 is 11.2 Å². The SMILES string of the molecule is C/C=C/Cn1c(=O)c2c(nc3n(CCCl)c(C)cn23)n(C)c1=O. The Morgan fingerprint density at radius 1 is 1.30 bits per heavy atom. The topological polar surface area (TPSA) is 66.2 Å². The molecule has 0 aromatic carbocycles. The van der Waals surface area contributed by atoms with Crippen molar-refractivity contribution in [2.24, 2.45) is 7.05 Å². The van der Waals surface area contributed by atoms with E-state index in [1.807, 2.05) is 30.7 Å². The van der Waals surface area contributed by atoms with Gasteiger partial charge in [-0.15, -0.1) is 11.6 Å². The van der Waals surface area contributed by atoms with Gasteiger partial charge in [-0.1, -0.05) is 12.2 Å². The first kappa shape index (κ1) is 15.6. The van der Waals surface area contributed by atoms with Crippen molar-refractivity contribution in [3.63, 3.8) is 0 Å². The molecule has 0 unspecified atom stereocenters. The summed E-state index contributed by atoms with van der Waals surface area (Å²) >= 11 is 5.85. The number of hydrogen-bond acceptors (Lipinski definition) is 3. The van der Waals surface area contributed by atoms with Crippen LogP contribution in [0.2, 0.25) is 0 Å². The molecule has 8 heteroatoms. The monoisotopic (exact) mass is 335 g/mol. The maximum atomic E-state index is 12.8. The molecule has 3 aromatic rings. The summed E-state index contributed by atoms with van der Waals surface area (Å²) in [5.74, 6) is 1.06. The van der Waals surface area contributed by atoms with E-state index in [0.717, 1.165) is 5.69 Å². The van der Waals surface area contributed by atoms with E-state index in [1.54, 1.807) is 17.5 Å². The highest BCUT2D eigenvalue weighted by molar-refractivity contribution is 6.17. The van der Waals surface area contributed by atoms with Crippen molar-refractivity contribution < 1.29 is 0 Å². The Labute approximate surface area is 137 Å². The third-order valence-corrected chi connectivity index (χ3v) is 4.14. The molecule has 0 saturated heterocycles. The molecular formula is C15H18ClN5O2. The molecule has 0 spiro atoms. The summed E-state index contributed by atoms with van der Waals surface area (Å²) in [6.07, 6.45) is 5.43. The van der Waals surface area contributed by atoms with Crippen LogP contribution in [-0.4, -0.2) is 29.0 Å². The quantitative estimate of drug-likeness (QED) is 0.533. The van der Waals surface area contributed by atoms with E-state index < -0.39 is 0 Å². The molecule has 0 bridgehead atoms. The van der Waals surface area contributed by atoms with Crippen LogP contribution in [0, 0.1) is 6.92 Å². The molecule has 3 aromatic heterocycles. The highest BCUT2D eigenvalue weighted by Gasteiger charge is 2.19. The Hall–Kier alpha value is -2.28. The van der Waals surface area contributed by atoms with Crippen molar-refractivity contribution in [3.05, 3.63) is 44.9 Å². The number of imidazole rings is 2. The first-order chi connectivity index (χ1) is 11.0. The largest absolute Gasteiger partial charge is 0.332 e. The maximum absolute atomic E-state index is 12.8. The predicted octanol–water partition coefficient (Wildman–Crippen LogP) is 1.27. The number of hydrogen-bond donors (Lipinski definition) is 0. The molecular weight excluding hydrogens is 318 g/mol. The average molecular weight is 336 g/mol. The Morgan fingerprint density at radius 2 is 2.04 bits per heavy atom. The van der Waals surface area contributed by atoms with Crippen molar-refractivity contribution >= 4 is 28.5 Å². The lowest BCUT2D eigenvalue weighted by Crippen LogP contribution is -2.39. The van der Waals surface area contributed by atoms with Gasteiger partial charge in [0.05, 0.1) is 0 Å². The Bertz CT molecular complexity index is 1030. The van der Waals surface area contributed by atoms with Crippen molar-refractivity contribution in [2.75, 3.05) is 5.88 Å². The normalized spacial score (nSPS) is 12.2. The molecule has 0 N–H and O–H groups in total. The van der Waals surface area contributed by atoms with Gasteiger partial charge < -0.3 is 4.57 Å². The standard InChI is InChI=1S/C15H18ClN5O2/c1-4-5-7-20-13(22)11-12(18(3)15(20)23)17-14-19(8-6-16)10(2)9-21(11)14/h4-5,9H,6-8H2,1-3H3/b5-4+. The van der Waals surface area contributed by atoms with Gasteiger partial charge in [-0.05, 0) is 13.8 Å². The number of aromatic nitrogens is 5. The van der Waals surface area contributed by atoms with Crippen molar-refractivity contribution in [2.45, 2.75) is 26.9 Å². The summed E-state index contributed by atoms with van der Waals surface area (Å²) in [5.41, 5.74) is 1.04. The minimum atomic E-state index is -0.373. The second-order valence-electron chi connectivity index (χ2n) is 5.39. The first-order valence-electron chi connectivity index (χ1n) is 7.36. The zero-order chi connectivity index (χ0) is 16.7. The lowest BCUT2D eigenvalue weighted by molar-refractivity contribution is 0.666. The van der Waals surface area contributed by atoms with Gasteiger partial charge in [-0.2, -0.15) is 4.98 Å². The van der Waals surface area contributed by atoms with Crippen LogP contribution in [0.3, 0.4) is 0 Å². The van der Waals surface area contributed by atoms with Crippen molar-refractivity contribution in [1.82, 2.24) is 23.1 Å². The van der Waals surface area contributed by atoms with Gasteiger partial charge in [0.2, 0.25) is 5.78 Å². The summed E-state index contributed by atoms with van der Waals surface area (Å²) < 4.78 is 6.30. The second kappa shape index (κ2) is 5.73. The van der Waals surface area contributed by atoms with Gasteiger partial charge in [0.15, 0.2) is 11.2 Å². The van der Waals surface area contributed by atoms with E-state index in [-0.39, 0.29) is 17.8 Å². The van der Waals surface area contributed by atoms with Crippen LogP contribution in [-0.2, 0) is 20.1 Å². The lowest BCUT2D eigenvalue weighted by Gasteiger charge is -2.05. The molecule has 3 rings (SSSR count). The molecule has 0 aliphatic heterocycles. The van der Waals surface area contributed by atoms with Crippen molar-refractivity contribution in [3.8, 4) is 0 Å². The number of nitrogens with zero attached hydrogens (tertiary/aromatic N) is 5. The van der Waals surface area contributed by atoms with E-state index in [4.69, 9.17) is 11.6 Å². The zero-order valence-electron chi connectivity index (χ0n) is 13.3. The van der Waals surface area contributed by atoms with E-state index in [2.05, 4.69) is 4.98 Å². The number of rotatable bonds is 4. The van der Waals surface area contributed by atoms with Crippen molar-refractivity contribution in [1.29, 1.82) is 0 Å². The Morgan fingerprint density at radius 3 is 2.70 bits per heavy atom. The van der Waals surface area contributed by atoms with Gasteiger partial charge >= 0.3 is 5.69 Å². The summed E-state index contributed by atoms with van der Waals surface area (Å²) in [7, 11) is 1.63. The van der Waals surface area contributed by atoms with Gasteiger partial charge in [0.25, 0.3) is 5.56 Å². The zero-order valence-corrected chi connectivity index (χ0v) is 14.0. The molecule has 0 amide bonds. The third-order valence-electron chi connectivity index (χ3n) is 3.97. The van der Waals surface area contributed by atoms with E-state index in [0.29, 0.717) is 29.4 Å². The summed E-state index contributed by atoms with van der Waals surface area (Å²) in [6.45, 7) is 4.62. The predicted molar refractivity (Wildman–Crippen MR) is 90.5 cm³/mol. The van der Waals surface area contributed by atoms with E-state index in [9.17, 15) is 9.59 Å². The second-order valence-corrected chi connectivity index (χ2v) is 5.77. The third kappa shape index (κ3) is 2.23. The fourth-order valence-electron chi connectivity index (χ4n) is 2.79. The molecule has 23 heavy (non-hydrogen) atoms. The van der Waals surface area contributed by atoms with Gasteiger partial charge in [0.1, 0.15) is 0 Å². The minimum absolute atomic E-state index is 0.243. The molecule has 0 aliphatic rings. The minimum Gasteiger partial charge on any atom is -0.313 e. The van der Waals surface area contributed by atoms with Gasteiger partial charge in [-0.3, -0.25) is 18.3 Å². The van der Waals surface area contributed by atoms with Crippen LogP contribution in [0.5, 0.6) is 0 Å². The van der Waals surface area contributed by atoms with E-state index >= 15 is 0 Å². The van der Waals surface area contributed by atoms with Crippen LogP contribution in [0.1, 0.15) is 12.6 Å². The highest BCUT2D eigenvalue weighted by Crippen LogP contribution is 2.16. The molecule has 0 fully saturated rings. The summed E-state index contributed by atoms with van der Waals surface area (Å²) in [4.78, 5) is 29.7. The van der Waals surface area contributed by atoms with Gasteiger partial charge in [-0.25, -0.2) is 4.79 Å².